The smallest absolute Gasteiger partial charge is 0.462 e. The predicted molar refractivity (Wildman–Crippen MR) is 414 cm³/mol. The van der Waals surface area contributed by atoms with E-state index in [2.05, 4.69) is 34.6 Å². The Morgan fingerprint density at radius 3 is 0.673 bits per heavy atom. The molecule has 5 atom stereocenters. The SMILES string of the molecule is CCCCCCCCCCCCCCCCCCCCCC(=O)O[C@H](COC(=O)CCCCCCCCCCCCCCC(C)C)COP(=O)(O)OC[C@@H](O)COP(=O)(O)OC[C@@H](COC(=O)CCCCCCCCCCCCCC)OC(=O)CCCCCCCCCCCCCCCCC. The molecule has 0 aliphatic rings. The minimum atomic E-state index is -4.96. The maximum Gasteiger partial charge on any atom is 0.472 e. The van der Waals surface area contributed by atoms with E-state index in [1.807, 2.05) is 0 Å². The number of hydrogen-bond acceptors (Lipinski definition) is 15. The van der Waals surface area contributed by atoms with Crippen LogP contribution in [0.1, 0.15) is 439 Å². The van der Waals surface area contributed by atoms with Gasteiger partial charge in [-0.15, -0.1) is 0 Å². The van der Waals surface area contributed by atoms with E-state index < -0.39 is 97.5 Å². The minimum Gasteiger partial charge on any atom is -0.462 e. The molecule has 0 fully saturated rings. The van der Waals surface area contributed by atoms with E-state index in [1.54, 1.807) is 0 Å². The Balaban J connectivity index is 5.25. The lowest BCUT2D eigenvalue weighted by molar-refractivity contribution is -0.161. The van der Waals surface area contributed by atoms with Crippen LogP contribution in [0.2, 0.25) is 0 Å². The average molecular weight is 1480 g/mol. The van der Waals surface area contributed by atoms with Crippen LogP contribution in [0, 0.1) is 5.92 Å². The van der Waals surface area contributed by atoms with E-state index in [0.717, 1.165) is 95.8 Å². The van der Waals surface area contributed by atoms with E-state index in [-0.39, 0.29) is 25.7 Å². The fraction of sp³-hybridized carbons (Fsp3) is 0.951. The van der Waals surface area contributed by atoms with Crippen LogP contribution >= 0.6 is 15.6 Å². The summed E-state index contributed by atoms with van der Waals surface area (Å²) in [6.45, 7) is 7.36. The van der Waals surface area contributed by atoms with Gasteiger partial charge in [-0.3, -0.25) is 37.3 Å². The van der Waals surface area contributed by atoms with Gasteiger partial charge in [0.2, 0.25) is 0 Å². The van der Waals surface area contributed by atoms with Crippen LogP contribution in [0.3, 0.4) is 0 Å². The second-order valence-corrected chi connectivity index (χ2v) is 32.9. The molecule has 0 aromatic heterocycles. The predicted octanol–water partition coefficient (Wildman–Crippen LogP) is 24.8. The van der Waals surface area contributed by atoms with Crippen LogP contribution in [0.15, 0.2) is 0 Å². The number of esters is 4. The zero-order valence-electron chi connectivity index (χ0n) is 66.1. The summed E-state index contributed by atoms with van der Waals surface area (Å²) in [7, 11) is -9.92. The lowest BCUT2D eigenvalue weighted by atomic mass is 10.0. The molecular weight excluding hydrogens is 1320 g/mol. The van der Waals surface area contributed by atoms with E-state index in [9.17, 15) is 43.2 Å². The Labute approximate surface area is 619 Å². The van der Waals surface area contributed by atoms with Crippen LogP contribution < -0.4 is 0 Å². The van der Waals surface area contributed by atoms with E-state index >= 15 is 0 Å². The van der Waals surface area contributed by atoms with Crippen LogP contribution in [0.5, 0.6) is 0 Å². The van der Waals surface area contributed by atoms with E-state index in [1.165, 1.54) is 263 Å². The van der Waals surface area contributed by atoms with Gasteiger partial charge >= 0.3 is 39.5 Å². The fourth-order valence-electron chi connectivity index (χ4n) is 12.8. The zero-order valence-corrected chi connectivity index (χ0v) is 67.8. The van der Waals surface area contributed by atoms with Gasteiger partial charge in [0, 0.05) is 25.7 Å². The van der Waals surface area contributed by atoms with Crippen molar-refractivity contribution in [3.05, 3.63) is 0 Å². The molecule has 2 unspecified atom stereocenters. The molecule has 101 heavy (non-hydrogen) atoms. The second kappa shape index (κ2) is 74.9. The van der Waals surface area contributed by atoms with E-state index in [0.29, 0.717) is 25.7 Å². The molecule has 0 bridgehead atoms. The highest BCUT2D eigenvalue weighted by molar-refractivity contribution is 7.47. The summed E-state index contributed by atoms with van der Waals surface area (Å²) < 4.78 is 68.8. The molecule has 0 aliphatic heterocycles. The van der Waals surface area contributed by atoms with Gasteiger partial charge in [0.05, 0.1) is 26.4 Å². The topological polar surface area (TPSA) is 237 Å². The first-order valence-corrected chi connectivity index (χ1v) is 45.6. The molecule has 0 aromatic rings. The highest BCUT2D eigenvalue weighted by Crippen LogP contribution is 2.45. The summed E-state index contributed by atoms with van der Waals surface area (Å²) >= 11 is 0. The summed E-state index contributed by atoms with van der Waals surface area (Å²) in [6.07, 6.45) is 66.4. The third-order valence-electron chi connectivity index (χ3n) is 19.3. The Kier molecular flexibility index (Phi) is 73.5. The molecule has 0 saturated carbocycles. The maximum atomic E-state index is 13.1. The average Bonchev–Trinajstić information content (AvgIpc) is 0.924. The highest BCUT2D eigenvalue weighted by atomic mass is 31.2. The fourth-order valence-corrected chi connectivity index (χ4v) is 14.3. The molecule has 17 nitrogen and oxygen atoms in total. The Morgan fingerprint density at radius 1 is 0.267 bits per heavy atom. The maximum absolute atomic E-state index is 13.1. The van der Waals surface area contributed by atoms with E-state index in [4.69, 9.17) is 37.0 Å². The number of phosphoric ester groups is 2. The molecular formula is C82H160O17P2. The van der Waals surface area contributed by atoms with Gasteiger partial charge in [0.15, 0.2) is 12.2 Å². The number of aliphatic hydroxyl groups is 1. The van der Waals surface area contributed by atoms with Crippen molar-refractivity contribution in [2.45, 2.75) is 457 Å². The molecule has 19 heteroatoms. The third-order valence-corrected chi connectivity index (χ3v) is 21.2. The van der Waals surface area contributed by atoms with Crippen molar-refractivity contribution in [1.82, 2.24) is 0 Å². The summed E-state index contributed by atoms with van der Waals surface area (Å²) in [6, 6.07) is 0. The van der Waals surface area contributed by atoms with Crippen molar-refractivity contribution < 1.29 is 80.2 Å². The third kappa shape index (κ3) is 76.1. The molecule has 0 aromatic carbocycles. The summed E-state index contributed by atoms with van der Waals surface area (Å²) in [5, 5.41) is 10.7. The van der Waals surface area contributed by atoms with Gasteiger partial charge in [-0.1, -0.05) is 388 Å². The quantitative estimate of drug-likeness (QED) is 0.0222. The summed E-state index contributed by atoms with van der Waals surface area (Å²) in [5.41, 5.74) is 0. The van der Waals surface area contributed by atoms with Crippen molar-refractivity contribution >= 4 is 39.5 Å². The normalized spacial score (nSPS) is 13.8. The molecule has 0 rings (SSSR count). The minimum absolute atomic E-state index is 0.109. The number of carbonyl (C=O) groups is 4. The Morgan fingerprint density at radius 2 is 0.455 bits per heavy atom. The van der Waals surface area contributed by atoms with Crippen molar-refractivity contribution in [2.24, 2.45) is 5.92 Å². The first-order chi connectivity index (χ1) is 49.0. The summed E-state index contributed by atoms with van der Waals surface area (Å²) in [5.74, 6) is -1.32. The molecule has 0 heterocycles. The number of hydrogen-bond donors (Lipinski definition) is 3. The van der Waals surface area contributed by atoms with Crippen LogP contribution in [0.25, 0.3) is 0 Å². The second-order valence-electron chi connectivity index (χ2n) is 30.0. The van der Waals surface area contributed by atoms with Gasteiger partial charge in [0.1, 0.15) is 19.3 Å². The molecule has 0 amide bonds. The van der Waals surface area contributed by atoms with Crippen molar-refractivity contribution in [1.29, 1.82) is 0 Å². The number of aliphatic hydroxyl groups excluding tert-OH is 1. The van der Waals surface area contributed by atoms with Crippen LogP contribution in [-0.2, 0) is 65.4 Å². The number of carbonyl (C=O) groups excluding carboxylic acids is 4. The van der Waals surface area contributed by atoms with Gasteiger partial charge in [0.25, 0.3) is 0 Å². The number of rotatable bonds is 82. The molecule has 0 saturated heterocycles. The number of unbranched alkanes of at least 4 members (excludes halogenated alkanes) is 54. The zero-order chi connectivity index (χ0) is 74.1. The molecule has 0 radical (unpaired) electrons. The largest absolute Gasteiger partial charge is 0.472 e. The van der Waals surface area contributed by atoms with Crippen LogP contribution in [0.4, 0.5) is 0 Å². The molecule has 0 aliphatic carbocycles. The van der Waals surface area contributed by atoms with Crippen molar-refractivity contribution in [3.63, 3.8) is 0 Å². The molecule has 0 spiro atoms. The van der Waals surface area contributed by atoms with Gasteiger partial charge in [-0.25, -0.2) is 9.13 Å². The van der Waals surface area contributed by atoms with Crippen molar-refractivity contribution in [2.75, 3.05) is 39.6 Å². The van der Waals surface area contributed by atoms with Crippen molar-refractivity contribution in [3.8, 4) is 0 Å². The van der Waals surface area contributed by atoms with Crippen LogP contribution in [-0.4, -0.2) is 96.7 Å². The lowest BCUT2D eigenvalue weighted by Crippen LogP contribution is -2.30. The first-order valence-electron chi connectivity index (χ1n) is 42.6. The van der Waals surface area contributed by atoms with Gasteiger partial charge < -0.3 is 33.8 Å². The Bertz CT molecular complexity index is 1930. The van der Waals surface area contributed by atoms with Gasteiger partial charge in [-0.05, 0) is 31.6 Å². The lowest BCUT2D eigenvalue weighted by Gasteiger charge is -2.21. The first kappa shape index (κ1) is 99.1. The molecule has 3 N–H and O–H groups in total. The van der Waals surface area contributed by atoms with Gasteiger partial charge in [-0.2, -0.15) is 0 Å². The number of ether oxygens (including phenoxy) is 4. The standard InChI is InChI=1S/C82H160O17P2/c1-6-9-12-15-18-21-24-27-29-30-31-32-34-36-43-48-53-58-63-68-82(87)99-78(72-93-80(85)66-61-56-51-46-41-38-37-39-44-49-54-59-64-75(4)5)74-97-101(90,91)95-70-76(83)69-94-100(88,89)96-73-77(71-92-79(84)65-60-55-50-45-40-26-23-20-17-14-11-8-3)98-81(86)67-62-57-52-47-42-35-33-28-25-22-19-16-13-10-7-2/h75-78,83H,6-74H2,1-5H3,(H,88,89)(H,90,91)/t76-,77+,78+/m0/s1. The highest BCUT2D eigenvalue weighted by Gasteiger charge is 2.30. The monoisotopic (exact) mass is 1480 g/mol. The summed E-state index contributed by atoms with van der Waals surface area (Å²) in [4.78, 5) is 73.1. The Hall–Kier alpha value is -1.94. The molecule has 600 valence electrons. The number of phosphoric acid groups is 2.